The fourth-order valence-corrected chi connectivity index (χ4v) is 0.101. The summed E-state index contributed by atoms with van der Waals surface area (Å²) in [5, 5.41) is 15.1. The summed E-state index contributed by atoms with van der Waals surface area (Å²) in [6.07, 6.45) is -5.08. The van der Waals surface area contributed by atoms with Gasteiger partial charge in [-0.2, -0.15) is 13.2 Å². The minimum atomic E-state index is -5.08. The van der Waals surface area contributed by atoms with Crippen LogP contribution in [0, 0.1) is 0 Å². The normalized spacial score (nSPS) is 12.4. The van der Waals surface area contributed by atoms with Gasteiger partial charge in [0.2, 0.25) is 0 Å². The highest BCUT2D eigenvalue weighted by Gasteiger charge is 2.38. The molecule has 0 aliphatic carbocycles. The monoisotopic (exact) mass is 218 g/mol. The quantitative estimate of drug-likeness (QED) is 0.470. The molecule has 0 fully saturated rings. The lowest BCUT2D eigenvalue weighted by Gasteiger charge is -1.97. The number of nitrogens with two attached hydrogens (primary N) is 2. The van der Waals surface area contributed by atoms with Gasteiger partial charge in [-0.3, -0.25) is 4.79 Å². The van der Waals surface area contributed by atoms with Crippen molar-refractivity contribution < 1.29 is 33.0 Å². The summed E-state index contributed by atoms with van der Waals surface area (Å²) in [5.41, 5.74) is 9.76. The number of carboxylic acid groups (broad SMARTS) is 2. The number of carboxylic acids is 2. The minimum absolute atomic E-state index is 0.00463. The third-order valence-corrected chi connectivity index (χ3v) is 0.814. The first kappa shape index (κ1) is 15.1. The van der Waals surface area contributed by atoms with Crippen molar-refractivity contribution in [3.8, 4) is 0 Å². The first-order valence-electron chi connectivity index (χ1n) is 3.11. The number of rotatable bonds is 2. The molecule has 1 atom stereocenters. The Morgan fingerprint density at radius 2 is 1.57 bits per heavy atom. The molecule has 0 aliphatic rings. The van der Waals surface area contributed by atoms with Crippen LogP contribution in [-0.2, 0) is 9.59 Å². The number of alkyl halides is 3. The van der Waals surface area contributed by atoms with E-state index in [1.165, 1.54) is 0 Å². The molecule has 84 valence electrons. The van der Waals surface area contributed by atoms with Gasteiger partial charge < -0.3 is 21.7 Å². The highest BCUT2D eigenvalue weighted by molar-refractivity contribution is 5.73. The number of hydrogen-bond acceptors (Lipinski definition) is 4. The van der Waals surface area contributed by atoms with E-state index in [0.717, 1.165) is 0 Å². The van der Waals surface area contributed by atoms with Crippen molar-refractivity contribution >= 4 is 11.9 Å². The molecule has 0 aromatic carbocycles. The molecule has 0 aromatic heterocycles. The Morgan fingerprint density at radius 1 is 1.29 bits per heavy atom. The van der Waals surface area contributed by atoms with Crippen molar-refractivity contribution in [3.05, 3.63) is 0 Å². The summed E-state index contributed by atoms with van der Waals surface area (Å²) in [6, 6.07) is -0.903. The Kier molecular flexibility index (Phi) is 6.66. The Balaban J connectivity index is 0. The summed E-state index contributed by atoms with van der Waals surface area (Å²) < 4.78 is 31.7. The van der Waals surface area contributed by atoms with Crippen molar-refractivity contribution in [1.29, 1.82) is 0 Å². The zero-order valence-corrected chi connectivity index (χ0v) is 6.78. The van der Waals surface area contributed by atoms with Crippen LogP contribution >= 0.6 is 0 Å². The smallest absolute Gasteiger partial charge is 0.480 e. The first-order valence-corrected chi connectivity index (χ1v) is 3.11. The number of hydrogen-bond donors (Lipinski definition) is 4. The van der Waals surface area contributed by atoms with E-state index in [1.807, 2.05) is 0 Å². The first-order chi connectivity index (χ1) is 6.12. The fourth-order valence-electron chi connectivity index (χ4n) is 0.101. The zero-order chi connectivity index (χ0) is 11.9. The molecule has 0 rings (SSSR count). The maximum Gasteiger partial charge on any atom is 0.490 e. The largest absolute Gasteiger partial charge is 0.490 e. The number of halogens is 3. The van der Waals surface area contributed by atoms with E-state index in [0.29, 0.717) is 0 Å². The van der Waals surface area contributed by atoms with Crippen molar-refractivity contribution in [2.75, 3.05) is 6.54 Å². The minimum Gasteiger partial charge on any atom is -0.480 e. The molecule has 0 amide bonds. The van der Waals surface area contributed by atoms with Crippen LogP contribution in [0.25, 0.3) is 0 Å². The fraction of sp³-hybridized carbons (Fsp3) is 0.600. The third kappa shape index (κ3) is 8.74. The maximum absolute atomic E-state index is 10.6. The second-order valence-corrected chi connectivity index (χ2v) is 1.98. The standard InChI is InChI=1S/C3H8N2O2.C2HF3O2/c4-1-2(5)3(6)7;3-2(4,5)1(6)7/h2H,1,4-5H2,(H,6,7);(H,6,7). The van der Waals surface area contributed by atoms with E-state index < -0.39 is 24.2 Å². The topological polar surface area (TPSA) is 127 Å². The Bertz CT molecular complexity index is 206. The summed E-state index contributed by atoms with van der Waals surface area (Å²) in [4.78, 5) is 18.6. The van der Waals surface area contributed by atoms with E-state index in [4.69, 9.17) is 26.5 Å². The predicted octanol–water partition coefficient (Wildman–Crippen LogP) is -1.01. The average molecular weight is 218 g/mol. The van der Waals surface area contributed by atoms with E-state index in [1.54, 1.807) is 0 Å². The van der Waals surface area contributed by atoms with E-state index in [2.05, 4.69) is 0 Å². The van der Waals surface area contributed by atoms with Crippen LogP contribution in [0.1, 0.15) is 0 Å². The van der Waals surface area contributed by atoms with Crippen molar-refractivity contribution in [1.82, 2.24) is 0 Å². The molecular formula is C5H9F3N2O4. The molecule has 0 saturated heterocycles. The molecule has 14 heavy (non-hydrogen) atoms. The molecule has 9 heteroatoms. The summed E-state index contributed by atoms with van der Waals surface area (Å²) in [5.74, 6) is -3.81. The van der Waals surface area contributed by atoms with Crippen LogP contribution in [0.2, 0.25) is 0 Å². The molecule has 0 heterocycles. The molecule has 1 unspecified atom stereocenters. The summed E-state index contributed by atoms with van der Waals surface area (Å²) in [7, 11) is 0. The second-order valence-electron chi connectivity index (χ2n) is 1.98. The van der Waals surface area contributed by atoms with Gasteiger partial charge in [-0.15, -0.1) is 0 Å². The molecule has 0 radical (unpaired) electrons. The van der Waals surface area contributed by atoms with Crippen LogP contribution in [0.15, 0.2) is 0 Å². The van der Waals surface area contributed by atoms with Crippen LogP contribution in [0.5, 0.6) is 0 Å². The summed E-state index contributed by atoms with van der Waals surface area (Å²) >= 11 is 0. The van der Waals surface area contributed by atoms with Crippen LogP contribution in [0.4, 0.5) is 13.2 Å². The van der Waals surface area contributed by atoms with E-state index in [-0.39, 0.29) is 6.54 Å². The lowest BCUT2D eigenvalue weighted by atomic mass is 10.3. The van der Waals surface area contributed by atoms with E-state index in [9.17, 15) is 18.0 Å². The Hall–Kier alpha value is -1.35. The van der Waals surface area contributed by atoms with Crippen molar-refractivity contribution in [2.24, 2.45) is 11.5 Å². The molecule has 6 N–H and O–H groups in total. The van der Waals surface area contributed by atoms with Gasteiger partial charge in [0.25, 0.3) is 0 Å². The van der Waals surface area contributed by atoms with Crippen LogP contribution in [0.3, 0.4) is 0 Å². The molecule has 0 aliphatic heterocycles. The maximum atomic E-state index is 10.6. The Labute approximate surface area is 76.3 Å². The molecule has 0 spiro atoms. The van der Waals surface area contributed by atoms with Gasteiger partial charge in [0.05, 0.1) is 0 Å². The Morgan fingerprint density at radius 3 is 1.57 bits per heavy atom. The van der Waals surface area contributed by atoms with Gasteiger partial charge in [0.15, 0.2) is 0 Å². The van der Waals surface area contributed by atoms with Gasteiger partial charge >= 0.3 is 18.1 Å². The SMILES string of the molecule is NCC(N)C(=O)O.O=C(O)C(F)(F)F. The van der Waals surface area contributed by atoms with E-state index >= 15 is 0 Å². The van der Waals surface area contributed by atoms with Gasteiger partial charge in [-0.25, -0.2) is 4.79 Å². The third-order valence-electron chi connectivity index (χ3n) is 0.814. The van der Waals surface area contributed by atoms with Crippen molar-refractivity contribution in [2.45, 2.75) is 12.2 Å². The summed E-state index contributed by atoms with van der Waals surface area (Å²) in [6.45, 7) is -0.00463. The lowest BCUT2D eigenvalue weighted by Crippen LogP contribution is -2.37. The number of carbonyl (C=O) groups is 2. The number of aliphatic carboxylic acids is 2. The van der Waals surface area contributed by atoms with Gasteiger partial charge in [-0.1, -0.05) is 0 Å². The van der Waals surface area contributed by atoms with Gasteiger partial charge in [-0.05, 0) is 0 Å². The zero-order valence-electron chi connectivity index (χ0n) is 6.78. The predicted molar refractivity (Wildman–Crippen MR) is 38.4 cm³/mol. The van der Waals surface area contributed by atoms with Gasteiger partial charge in [0.1, 0.15) is 6.04 Å². The lowest BCUT2D eigenvalue weighted by molar-refractivity contribution is -0.192. The molecule has 0 aromatic rings. The highest BCUT2D eigenvalue weighted by atomic mass is 19.4. The molecule has 0 bridgehead atoms. The van der Waals surface area contributed by atoms with Crippen LogP contribution in [-0.4, -0.2) is 40.9 Å². The second kappa shape index (κ2) is 6.16. The highest BCUT2D eigenvalue weighted by Crippen LogP contribution is 2.13. The average Bonchev–Trinajstić information content (AvgIpc) is 2.02. The van der Waals surface area contributed by atoms with Crippen LogP contribution < -0.4 is 11.5 Å². The molecule has 0 saturated carbocycles. The van der Waals surface area contributed by atoms with Gasteiger partial charge in [0, 0.05) is 6.54 Å². The molecule has 6 nitrogen and oxygen atoms in total. The van der Waals surface area contributed by atoms with Crippen molar-refractivity contribution in [3.63, 3.8) is 0 Å². The molecular weight excluding hydrogens is 209 g/mol.